The average Bonchev–Trinajstić information content (AvgIpc) is 3.17. The van der Waals surface area contributed by atoms with Gasteiger partial charge < -0.3 is 4.90 Å². The summed E-state index contributed by atoms with van der Waals surface area (Å²) in [4.78, 5) is 15.3. The topological polar surface area (TPSA) is 20.3 Å². The van der Waals surface area contributed by atoms with Crippen molar-refractivity contribution in [1.82, 2.24) is 4.90 Å². The maximum absolute atomic E-state index is 12.5. The minimum Gasteiger partial charge on any atom is -0.336 e. The van der Waals surface area contributed by atoms with E-state index in [-0.39, 0.29) is 5.91 Å². The molecule has 0 atom stereocenters. The molecule has 18 heavy (non-hydrogen) atoms. The molecule has 1 aromatic carbocycles. The highest BCUT2D eigenvalue weighted by atomic mass is 35.5. The summed E-state index contributed by atoms with van der Waals surface area (Å²) in [7, 11) is 0. The molecule has 0 aliphatic heterocycles. The number of carbonyl (C=O) groups excluding carboxylic acids is 1. The normalized spacial score (nSPS) is 14.6. The van der Waals surface area contributed by atoms with E-state index in [0.717, 1.165) is 37.1 Å². The van der Waals surface area contributed by atoms with Crippen molar-refractivity contribution in [2.45, 2.75) is 43.5 Å². The molecular formula is C14H18ClNOS. The largest absolute Gasteiger partial charge is 0.336 e. The lowest BCUT2D eigenvalue weighted by Crippen LogP contribution is -2.34. The molecule has 0 spiro atoms. The number of thiol groups is 1. The van der Waals surface area contributed by atoms with Gasteiger partial charge in [-0.3, -0.25) is 4.79 Å². The minimum atomic E-state index is 0.0480. The summed E-state index contributed by atoms with van der Waals surface area (Å²) in [5.41, 5.74) is 0.576. The molecule has 0 heterocycles. The zero-order valence-electron chi connectivity index (χ0n) is 10.5. The Balaban J connectivity index is 2.19. The van der Waals surface area contributed by atoms with Crippen LogP contribution >= 0.6 is 24.2 Å². The molecule has 98 valence electrons. The maximum Gasteiger partial charge on any atom is 0.255 e. The Hall–Kier alpha value is -0.670. The van der Waals surface area contributed by atoms with Crippen LogP contribution < -0.4 is 0 Å². The van der Waals surface area contributed by atoms with Gasteiger partial charge in [0.05, 0.1) is 10.6 Å². The van der Waals surface area contributed by atoms with E-state index in [1.165, 1.54) is 0 Å². The van der Waals surface area contributed by atoms with Gasteiger partial charge in [0.25, 0.3) is 5.91 Å². The second-order valence-electron chi connectivity index (χ2n) is 4.75. The second-order valence-corrected chi connectivity index (χ2v) is 5.67. The third kappa shape index (κ3) is 3.21. The predicted octanol–water partition coefficient (Wildman–Crippen LogP) is 4.03. The van der Waals surface area contributed by atoms with Gasteiger partial charge in [0.1, 0.15) is 0 Å². The molecule has 0 unspecified atom stereocenters. The number of amides is 1. The highest BCUT2D eigenvalue weighted by Crippen LogP contribution is 2.30. The molecule has 0 bridgehead atoms. The van der Waals surface area contributed by atoms with Crippen LogP contribution in [0.5, 0.6) is 0 Å². The molecule has 1 fully saturated rings. The number of hydrogen-bond donors (Lipinski definition) is 1. The van der Waals surface area contributed by atoms with Crippen LogP contribution in [0.3, 0.4) is 0 Å². The summed E-state index contributed by atoms with van der Waals surface area (Å²) in [6, 6.07) is 5.72. The number of halogens is 1. The van der Waals surface area contributed by atoms with E-state index >= 15 is 0 Å². The van der Waals surface area contributed by atoms with Crippen molar-refractivity contribution in [3.05, 3.63) is 28.8 Å². The van der Waals surface area contributed by atoms with Gasteiger partial charge in [-0.15, -0.1) is 12.6 Å². The summed E-state index contributed by atoms with van der Waals surface area (Å²) in [5.74, 6) is 0.0480. The fourth-order valence-electron chi connectivity index (χ4n) is 2.00. The smallest absolute Gasteiger partial charge is 0.255 e. The standard InChI is InChI=1S/C14H18ClNOS/c1-2-3-8-16(10-4-5-10)14(17)12-9-11(18)6-7-13(12)15/h6-7,9-10,18H,2-5,8H2,1H3. The van der Waals surface area contributed by atoms with Gasteiger partial charge in [0.15, 0.2) is 0 Å². The van der Waals surface area contributed by atoms with Crippen LogP contribution in [0.4, 0.5) is 0 Å². The van der Waals surface area contributed by atoms with Crippen LogP contribution in [0.2, 0.25) is 5.02 Å². The summed E-state index contributed by atoms with van der Waals surface area (Å²) in [6.07, 6.45) is 4.37. The van der Waals surface area contributed by atoms with Crippen LogP contribution in [-0.4, -0.2) is 23.4 Å². The van der Waals surface area contributed by atoms with Crippen LogP contribution in [0.1, 0.15) is 43.0 Å². The average molecular weight is 284 g/mol. The van der Waals surface area contributed by atoms with Crippen molar-refractivity contribution in [3.8, 4) is 0 Å². The lowest BCUT2D eigenvalue weighted by atomic mass is 10.2. The first-order chi connectivity index (χ1) is 8.63. The summed E-state index contributed by atoms with van der Waals surface area (Å²) in [5, 5.41) is 0.514. The van der Waals surface area contributed by atoms with Crippen molar-refractivity contribution in [2.24, 2.45) is 0 Å². The van der Waals surface area contributed by atoms with Crippen LogP contribution in [-0.2, 0) is 0 Å². The van der Waals surface area contributed by atoms with Gasteiger partial charge in [-0.1, -0.05) is 24.9 Å². The van der Waals surface area contributed by atoms with E-state index in [1.54, 1.807) is 18.2 Å². The Morgan fingerprint density at radius 3 is 2.83 bits per heavy atom. The van der Waals surface area contributed by atoms with Crippen molar-refractivity contribution in [3.63, 3.8) is 0 Å². The third-order valence-corrected chi connectivity index (χ3v) is 3.79. The zero-order chi connectivity index (χ0) is 13.1. The van der Waals surface area contributed by atoms with Gasteiger partial charge in [-0.2, -0.15) is 0 Å². The monoisotopic (exact) mass is 283 g/mol. The number of benzene rings is 1. The molecule has 1 aliphatic carbocycles. The maximum atomic E-state index is 12.5. The molecule has 2 rings (SSSR count). The second kappa shape index (κ2) is 5.98. The number of rotatable bonds is 5. The SMILES string of the molecule is CCCCN(C(=O)c1cc(S)ccc1Cl)C1CC1. The summed E-state index contributed by atoms with van der Waals surface area (Å²) in [6.45, 7) is 2.96. The zero-order valence-corrected chi connectivity index (χ0v) is 12.2. The van der Waals surface area contributed by atoms with E-state index in [0.29, 0.717) is 16.6 Å². The van der Waals surface area contributed by atoms with Gasteiger partial charge >= 0.3 is 0 Å². The molecule has 0 radical (unpaired) electrons. The first-order valence-electron chi connectivity index (χ1n) is 6.43. The minimum absolute atomic E-state index is 0.0480. The fraction of sp³-hybridized carbons (Fsp3) is 0.500. The molecule has 2 nitrogen and oxygen atoms in total. The van der Waals surface area contributed by atoms with E-state index in [9.17, 15) is 4.79 Å². The van der Waals surface area contributed by atoms with Crippen molar-refractivity contribution in [2.75, 3.05) is 6.54 Å². The van der Waals surface area contributed by atoms with Gasteiger partial charge in [0.2, 0.25) is 0 Å². The van der Waals surface area contributed by atoms with E-state index < -0.39 is 0 Å². The quantitative estimate of drug-likeness (QED) is 0.809. The molecule has 0 N–H and O–H groups in total. The third-order valence-electron chi connectivity index (χ3n) is 3.18. The van der Waals surface area contributed by atoms with Crippen molar-refractivity contribution < 1.29 is 4.79 Å². The van der Waals surface area contributed by atoms with Crippen LogP contribution in [0.15, 0.2) is 23.1 Å². The van der Waals surface area contributed by atoms with Crippen molar-refractivity contribution in [1.29, 1.82) is 0 Å². The Kier molecular flexibility index (Phi) is 4.57. The van der Waals surface area contributed by atoms with Gasteiger partial charge in [-0.05, 0) is 37.5 Å². The Labute approximate surface area is 119 Å². The molecule has 0 aromatic heterocycles. The molecule has 4 heteroatoms. The highest BCUT2D eigenvalue weighted by molar-refractivity contribution is 7.80. The molecule has 1 aliphatic rings. The van der Waals surface area contributed by atoms with Gasteiger partial charge in [-0.25, -0.2) is 0 Å². The van der Waals surface area contributed by atoms with E-state index in [4.69, 9.17) is 11.6 Å². The lowest BCUT2D eigenvalue weighted by Gasteiger charge is -2.23. The first-order valence-corrected chi connectivity index (χ1v) is 7.25. The molecule has 1 aromatic rings. The van der Waals surface area contributed by atoms with E-state index in [2.05, 4.69) is 19.6 Å². The lowest BCUT2D eigenvalue weighted by molar-refractivity contribution is 0.0740. The number of carbonyl (C=O) groups is 1. The Bertz CT molecular complexity index is 445. The Morgan fingerprint density at radius 1 is 1.50 bits per heavy atom. The molecule has 1 saturated carbocycles. The van der Waals surface area contributed by atoms with Crippen LogP contribution in [0, 0.1) is 0 Å². The predicted molar refractivity (Wildman–Crippen MR) is 77.7 cm³/mol. The molecular weight excluding hydrogens is 266 g/mol. The molecule has 1 amide bonds. The Morgan fingerprint density at radius 2 is 2.22 bits per heavy atom. The van der Waals surface area contributed by atoms with Crippen molar-refractivity contribution >= 4 is 30.1 Å². The summed E-state index contributed by atoms with van der Waals surface area (Å²) >= 11 is 10.4. The van der Waals surface area contributed by atoms with Gasteiger partial charge in [0, 0.05) is 17.5 Å². The highest BCUT2D eigenvalue weighted by Gasteiger charge is 2.33. The molecule has 0 saturated heterocycles. The van der Waals surface area contributed by atoms with E-state index in [1.807, 2.05) is 4.90 Å². The first kappa shape index (κ1) is 13.8. The summed E-state index contributed by atoms with van der Waals surface area (Å²) < 4.78 is 0. The fourth-order valence-corrected chi connectivity index (χ4v) is 2.40. The number of nitrogens with zero attached hydrogens (tertiary/aromatic N) is 1. The van der Waals surface area contributed by atoms with Crippen LogP contribution in [0.25, 0.3) is 0 Å². The number of hydrogen-bond acceptors (Lipinski definition) is 2. The number of unbranched alkanes of at least 4 members (excludes halogenated alkanes) is 1.